The number of hydrogen-bond donors (Lipinski definition) is 0. The topological polar surface area (TPSA) is 66.4 Å². The van der Waals surface area contributed by atoms with E-state index in [1.807, 2.05) is 109 Å². The summed E-state index contributed by atoms with van der Waals surface area (Å²) in [6.45, 7) is 3.37. The van der Waals surface area contributed by atoms with Crippen molar-refractivity contribution in [2.24, 2.45) is 0 Å². The minimum atomic E-state index is -0.744. The van der Waals surface area contributed by atoms with Gasteiger partial charge in [-0.15, -0.1) is 0 Å². The van der Waals surface area contributed by atoms with Gasteiger partial charge in [0.1, 0.15) is 6.04 Å². The zero-order chi connectivity index (χ0) is 31.9. The van der Waals surface area contributed by atoms with Crippen LogP contribution in [0.1, 0.15) is 37.4 Å². The van der Waals surface area contributed by atoms with E-state index in [2.05, 4.69) is 44.7 Å². The molecular formula is C39H35IN4O2. The minimum absolute atomic E-state index is 0.0573. The lowest BCUT2D eigenvalue weighted by molar-refractivity contribution is -0.144. The van der Waals surface area contributed by atoms with Gasteiger partial charge in [0, 0.05) is 43.7 Å². The maximum atomic E-state index is 14.7. The number of fused-ring (bicyclic) bond motifs is 1. The lowest BCUT2D eigenvalue weighted by Crippen LogP contribution is -2.53. The highest BCUT2D eigenvalue weighted by atomic mass is 127. The molecule has 230 valence electrons. The maximum absolute atomic E-state index is 14.7. The summed E-state index contributed by atoms with van der Waals surface area (Å²) in [4.78, 5) is 41.5. The van der Waals surface area contributed by atoms with Crippen molar-refractivity contribution in [2.75, 3.05) is 6.54 Å². The molecule has 0 aliphatic carbocycles. The van der Waals surface area contributed by atoms with Gasteiger partial charge in [0.15, 0.2) is 0 Å². The molecule has 1 aliphatic rings. The molecule has 2 unspecified atom stereocenters. The van der Waals surface area contributed by atoms with Crippen molar-refractivity contribution in [1.29, 1.82) is 0 Å². The largest absolute Gasteiger partial charge is 0.336 e. The van der Waals surface area contributed by atoms with E-state index >= 15 is 0 Å². The fourth-order valence-electron chi connectivity index (χ4n) is 5.76. The van der Waals surface area contributed by atoms with E-state index in [1.54, 1.807) is 29.4 Å². The Hall–Kier alpha value is -4.63. The Morgan fingerprint density at radius 1 is 0.870 bits per heavy atom. The molecule has 3 heterocycles. The van der Waals surface area contributed by atoms with Gasteiger partial charge in [0.2, 0.25) is 11.8 Å². The standard InChI is InChI=1S/C39H35IN4O2/c1-28-14-19-34(42-25-28)20-21-36(45)44(26-29-15-17-31(18-16-29)35-13-7-8-23-41-35)38(37(40)32-10-3-2-4-11-32)39(46)43-24-22-30-9-5-6-12-33(30)27-43/h2-21,23,25,37-38H,22,24,26-27H2,1H3. The fraction of sp³-hybridized carbons (Fsp3) is 0.179. The summed E-state index contributed by atoms with van der Waals surface area (Å²) < 4.78 is -0.286. The Kier molecular flexibility index (Phi) is 9.98. The average molecular weight is 719 g/mol. The first-order chi connectivity index (χ1) is 22.5. The van der Waals surface area contributed by atoms with Gasteiger partial charge in [-0.05, 0) is 65.4 Å². The van der Waals surface area contributed by atoms with Crippen LogP contribution in [-0.4, -0.2) is 44.2 Å². The van der Waals surface area contributed by atoms with Crippen LogP contribution >= 0.6 is 22.6 Å². The number of aromatic nitrogens is 2. The molecule has 5 aromatic rings. The summed E-state index contributed by atoms with van der Waals surface area (Å²) in [6, 6.07) is 35.3. The Morgan fingerprint density at radius 2 is 1.61 bits per heavy atom. The summed E-state index contributed by atoms with van der Waals surface area (Å²) in [6.07, 6.45) is 7.61. The lowest BCUT2D eigenvalue weighted by Gasteiger charge is -2.38. The molecule has 0 N–H and O–H groups in total. The monoisotopic (exact) mass is 718 g/mol. The highest BCUT2D eigenvalue weighted by molar-refractivity contribution is 14.1. The third-order valence-corrected chi connectivity index (χ3v) is 9.71. The van der Waals surface area contributed by atoms with Crippen LogP contribution in [-0.2, 0) is 29.1 Å². The van der Waals surface area contributed by atoms with E-state index < -0.39 is 6.04 Å². The van der Waals surface area contributed by atoms with E-state index in [-0.39, 0.29) is 22.3 Å². The normalized spacial score (nSPS) is 14.0. The molecule has 0 saturated carbocycles. The first-order valence-corrected chi connectivity index (χ1v) is 16.7. The lowest BCUT2D eigenvalue weighted by atomic mass is 9.97. The predicted molar refractivity (Wildman–Crippen MR) is 191 cm³/mol. The van der Waals surface area contributed by atoms with Gasteiger partial charge < -0.3 is 9.80 Å². The summed E-state index contributed by atoms with van der Waals surface area (Å²) in [5, 5.41) is 0. The Labute approximate surface area is 284 Å². The first kappa shape index (κ1) is 31.4. The molecule has 2 atom stereocenters. The van der Waals surface area contributed by atoms with Crippen LogP contribution in [0, 0.1) is 6.92 Å². The number of aryl methyl sites for hydroxylation is 1. The third-order valence-electron chi connectivity index (χ3n) is 8.31. The molecule has 6 nitrogen and oxygen atoms in total. The molecule has 0 saturated heterocycles. The van der Waals surface area contributed by atoms with E-state index in [9.17, 15) is 9.59 Å². The number of hydrogen-bond acceptors (Lipinski definition) is 4. The summed E-state index contributed by atoms with van der Waals surface area (Å²) >= 11 is 2.34. The van der Waals surface area contributed by atoms with Crippen LogP contribution in [0.4, 0.5) is 0 Å². The SMILES string of the molecule is Cc1ccc(C=CC(=O)N(Cc2ccc(-c3ccccn3)cc2)C(C(=O)N2CCc3ccccc3C2)C(I)c2ccccc2)nc1. The number of pyridine rings is 2. The van der Waals surface area contributed by atoms with Gasteiger partial charge in [0.25, 0.3) is 0 Å². The smallest absolute Gasteiger partial charge is 0.247 e. The second kappa shape index (κ2) is 14.6. The summed E-state index contributed by atoms with van der Waals surface area (Å²) in [5.41, 5.74) is 7.94. The van der Waals surface area contributed by atoms with Crippen molar-refractivity contribution in [1.82, 2.24) is 19.8 Å². The summed E-state index contributed by atoms with van der Waals surface area (Å²) in [7, 11) is 0. The minimum Gasteiger partial charge on any atom is -0.336 e. The van der Waals surface area contributed by atoms with E-state index in [0.717, 1.165) is 39.9 Å². The van der Waals surface area contributed by atoms with Gasteiger partial charge >= 0.3 is 0 Å². The molecule has 2 aromatic heterocycles. The van der Waals surface area contributed by atoms with Crippen LogP contribution in [0.25, 0.3) is 17.3 Å². The Balaban J connectivity index is 1.37. The van der Waals surface area contributed by atoms with Crippen molar-refractivity contribution in [3.63, 3.8) is 0 Å². The molecule has 6 rings (SSSR count). The average Bonchev–Trinajstić information content (AvgIpc) is 3.11. The van der Waals surface area contributed by atoms with Crippen molar-refractivity contribution in [2.45, 2.75) is 36.4 Å². The number of benzene rings is 3. The molecule has 0 radical (unpaired) electrons. The van der Waals surface area contributed by atoms with E-state index in [0.29, 0.717) is 18.8 Å². The van der Waals surface area contributed by atoms with Crippen molar-refractivity contribution in [3.8, 4) is 11.3 Å². The Bertz CT molecular complexity index is 1810. The second-order valence-corrected chi connectivity index (χ2v) is 12.8. The van der Waals surface area contributed by atoms with Crippen molar-refractivity contribution in [3.05, 3.63) is 161 Å². The molecule has 1 aliphatic heterocycles. The Morgan fingerprint density at radius 3 is 2.33 bits per heavy atom. The maximum Gasteiger partial charge on any atom is 0.247 e. The number of carbonyl (C=O) groups excluding carboxylic acids is 2. The van der Waals surface area contributed by atoms with Crippen LogP contribution in [0.5, 0.6) is 0 Å². The molecule has 46 heavy (non-hydrogen) atoms. The van der Waals surface area contributed by atoms with Gasteiger partial charge in [0.05, 0.1) is 15.3 Å². The van der Waals surface area contributed by atoms with Gasteiger partial charge in [-0.3, -0.25) is 19.6 Å². The number of amides is 2. The first-order valence-electron chi connectivity index (χ1n) is 15.4. The van der Waals surface area contributed by atoms with Crippen LogP contribution in [0.15, 0.2) is 128 Å². The molecule has 7 heteroatoms. The molecule has 0 bridgehead atoms. The molecular weight excluding hydrogens is 683 g/mol. The van der Waals surface area contributed by atoms with Crippen LogP contribution < -0.4 is 0 Å². The second-order valence-electron chi connectivity index (χ2n) is 11.5. The fourth-order valence-corrected chi connectivity index (χ4v) is 6.87. The highest BCUT2D eigenvalue weighted by Crippen LogP contribution is 2.34. The zero-order valence-corrected chi connectivity index (χ0v) is 27.8. The van der Waals surface area contributed by atoms with Crippen LogP contribution in [0.3, 0.4) is 0 Å². The number of carbonyl (C=O) groups is 2. The zero-order valence-electron chi connectivity index (χ0n) is 25.7. The van der Waals surface area contributed by atoms with Gasteiger partial charge in [-0.25, -0.2) is 0 Å². The highest BCUT2D eigenvalue weighted by Gasteiger charge is 2.39. The molecule has 0 spiro atoms. The van der Waals surface area contributed by atoms with Crippen molar-refractivity contribution < 1.29 is 9.59 Å². The van der Waals surface area contributed by atoms with Gasteiger partial charge in [-0.1, -0.05) is 114 Å². The molecule has 2 amide bonds. The number of nitrogens with zero attached hydrogens (tertiary/aromatic N) is 4. The number of halogens is 1. The number of rotatable bonds is 9. The van der Waals surface area contributed by atoms with Gasteiger partial charge in [-0.2, -0.15) is 0 Å². The number of alkyl halides is 1. The third kappa shape index (κ3) is 7.42. The van der Waals surface area contributed by atoms with Crippen LogP contribution in [0.2, 0.25) is 0 Å². The quantitative estimate of drug-likeness (QED) is 0.0894. The van der Waals surface area contributed by atoms with E-state index in [1.165, 1.54) is 5.56 Å². The summed E-state index contributed by atoms with van der Waals surface area (Å²) in [5.74, 6) is -0.303. The van der Waals surface area contributed by atoms with E-state index in [4.69, 9.17) is 0 Å². The molecule has 0 fully saturated rings. The predicted octanol–water partition coefficient (Wildman–Crippen LogP) is 7.62. The van der Waals surface area contributed by atoms with Crippen molar-refractivity contribution >= 4 is 40.5 Å². The molecule has 3 aromatic carbocycles.